The fourth-order valence-corrected chi connectivity index (χ4v) is 3.10. The minimum atomic E-state index is -0.527. The Kier molecular flexibility index (Phi) is 4.11. The van der Waals surface area contributed by atoms with Crippen molar-refractivity contribution in [3.05, 3.63) is 47.0 Å². The van der Waals surface area contributed by atoms with Crippen molar-refractivity contribution in [2.24, 2.45) is 5.41 Å². The Labute approximate surface area is 146 Å². The van der Waals surface area contributed by atoms with Crippen molar-refractivity contribution in [2.75, 3.05) is 0 Å². The lowest BCUT2D eigenvalue weighted by atomic mass is 9.84. The summed E-state index contributed by atoms with van der Waals surface area (Å²) in [5.41, 5.74) is 1.27. The second-order valence-electron chi connectivity index (χ2n) is 7.66. The van der Waals surface area contributed by atoms with Gasteiger partial charge in [0.25, 0.3) is 0 Å². The van der Waals surface area contributed by atoms with Gasteiger partial charge in [-0.25, -0.2) is 0 Å². The van der Waals surface area contributed by atoms with Gasteiger partial charge in [0.2, 0.25) is 0 Å². The lowest BCUT2D eigenvalue weighted by Crippen LogP contribution is -2.23. The molecule has 1 heterocycles. The van der Waals surface area contributed by atoms with Crippen LogP contribution in [0.1, 0.15) is 54.8 Å². The third kappa shape index (κ3) is 3.40. The number of carbonyl (C=O) groups is 1. The lowest BCUT2D eigenvalue weighted by molar-refractivity contribution is 0.0840. The first kappa shape index (κ1) is 17.1. The monoisotopic (exact) mass is 342 g/mol. The first-order chi connectivity index (χ1) is 11.7. The van der Waals surface area contributed by atoms with Crippen LogP contribution in [-0.2, 0) is 6.42 Å². The Morgan fingerprint density at radius 3 is 2.32 bits per heavy atom. The van der Waals surface area contributed by atoms with Crippen LogP contribution in [0.15, 0.2) is 30.3 Å². The van der Waals surface area contributed by atoms with Gasteiger partial charge in [-0.15, -0.1) is 0 Å². The molecule has 1 atom stereocenters. The van der Waals surface area contributed by atoms with Gasteiger partial charge in [-0.05, 0) is 29.5 Å². The molecule has 0 fully saturated rings. The number of carbonyl (C=O) groups excluding carboxylic acids is 1. The van der Waals surface area contributed by atoms with Crippen LogP contribution in [0, 0.1) is 5.41 Å². The van der Waals surface area contributed by atoms with Gasteiger partial charge in [-0.2, -0.15) is 0 Å². The van der Waals surface area contributed by atoms with Crippen LogP contribution in [0.4, 0.5) is 0 Å². The summed E-state index contributed by atoms with van der Waals surface area (Å²) in [7, 11) is 0. The van der Waals surface area contributed by atoms with E-state index in [0.717, 1.165) is 5.56 Å². The van der Waals surface area contributed by atoms with E-state index in [1.54, 1.807) is 12.1 Å². The maximum Gasteiger partial charge on any atom is 0.174 e. The highest BCUT2D eigenvalue weighted by Gasteiger charge is 2.34. The molecule has 132 valence electrons. The van der Waals surface area contributed by atoms with E-state index in [1.807, 2.05) is 20.8 Å². The summed E-state index contributed by atoms with van der Waals surface area (Å²) in [5, 5.41) is 29.9. The van der Waals surface area contributed by atoms with E-state index in [-0.39, 0.29) is 46.2 Å². The number of hydrogen-bond acceptors (Lipinski definition) is 5. The van der Waals surface area contributed by atoms with Crippen LogP contribution in [0.3, 0.4) is 0 Å². The molecule has 0 aromatic heterocycles. The fourth-order valence-electron chi connectivity index (χ4n) is 3.10. The largest absolute Gasteiger partial charge is 0.508 e. The molecule has 0 saturated heterocycles. The molecule has 0 aliphatic carbocycles. The zero-order chi connectivity index (χ0) is 18.4. The van der Waals surface area contributed by atoms with Crippen LogP contribution >= 0.6 is 0 Å². The van der Waals surface area contributed by atoms with Gasteiger partial charge >= 0.3 is 0 Å². The molecule has 2 aromatic rings. The third-order valence-corrected chi connectivity index (χ3v) is 4.22. The fraction of sp³-hybridized carbons (Fsp3) is 0.350. The Hall–Kier alpha value is -2.69. The number of aromatic hydroxyl groups is 3. The average molecular weight is 342 g/mol. The topological polar surface area (TPSA) is 87.0 Å². The number of Topliss-reactive ketones (excluding diaryl/α,β-unsaturated/α-hetero) is 1. The third-order valence-electron chi connectivity index (χ3n) is 4.22. The van der Waals surface area contributed by atoms with Crippen LogP contribution in [-0.4, -0.2) is 21.1 Å². The number of ketones is 1. The quantitative estimate of drug-likeness (QED) is 0.765. The predicted molar refractivity (Wildman–Crippen MR) is 93.4 cm³/mol. The highest BCUT2D eigenvalue weighted by Crippen LogP contribution is 2.46. The van der Waals surface area contributed by atoms with E-state index < -0.39 is 6.10 Å². The Morgan fingerprint density at radius 1 is 1.08 bits per heavy atom. The molecule has 25 heavy (non-hydrogen) atoms. The Balaban J connectivity index is 2.08. The summed E-state index contributed by atoms with van der Waals surface area (Å²) in [6.07, 6.45) is 0.0581. The van der Waals surface area contributed by atoms with Gasteiger partial charge in [0, 0.05) is 11.6 Å². The SMILES string of the molecule is CC(C)(C)Cc1c(O)cc(O)c2c1O[C@H](c1ccc(O)cc1)CC2=O. The first-order valence-corrected chi connectivity index (χ1v) is 8.22. The molecular formula is C20H22O5. The van der Waals surface area contributed by atoms with Gasteiger partial charge in [-0.1, -0.05) is 32.9 Å². The molecule has 0 amide bonds. The summed E-state index contributed by atoms with van der Waals surface area (Å²) in [4.78, 5) is 12.6. The summed E-state index contributed by atoms with van der Waals surface area (Å²) >= 11 is 0. The van der Waals surface area contributed by atoms with Gasteiger partial charge < -0.3 is 20.1 Å². The van der Waals surface area contributed by atoms with E-state index in [2.05, 4.69) is 0 Å². The van der Waals surface area contributed by atoms with E-state index in [1.165, 1.54) is 18.2 Å². The first-order valence-electron chi connectivity index (χ1n) is 8.22. The van der Waals surface area contributed by atoms with Crippen LogP contribution < -0.4 is 4.74 Å². The van der Waals surface area contributed by atoms with E-state index in [9.17, 15) is 20.1 Å². The van der Waals surface area contributed by atoms with E-state index in [4.69, 9.17) is 4.74 Å². The summed E-state index contributed by atoms with van der Waals surface area (Å²) in [6, 6.07) is 7.68. The molecule has 3 rings (SSSR count). The zero-order valence-electron chi connectivity index (χ0n) is 14.5. The highest BCUT2D eigenvalue weighted by molar-refractivity contribution is 6.03. The maximum absolute atomic E-state index is 12.6. The van der Waals surface area contributed by atoms with Gasteiger partial charge in [0.1, 0.15) is 34.7 Å². The van der Waals surface area contributed by atoms with Crippen molar-refractivity contribution in [3.63, 3.8) is 0 Å². The standard InChI is InChI=1S/C20H22O5/c1-20(2,3)10-13-14(22)8-15(23)18-16(24)9-17(25-19(13)18)11-4-6-12(21)7-5-11/h4-8,17,21-23H,9-10H2,1-3H3/t17-/m0/s1. The molecule has 1 aliphatic heterocycles. The van der Waals surface area contributed by atoms with Crippen molar-refractivity contribution in [1.29, 1.82) is 0 Å². The van der Waals surface area contributed by atoms with Crippen molar-refractivity contribution in [3.8, 4) is 23.0 Å². The van der Waals surface area contributed by atoms with Crippen molar-refractivity contribution >= 4 is 5.78 Å². The van der Waals surface area contributed by atoms with Crippen LogP contribution in [0.25, 0.3) is 0 Å². The molecule has 0 unspecified atom stereocenters. The average Bonchev–Trinajstić information content (AvgIpc) is 2.50. The Morgan fingerprint density at radius 2 is 1.72 bits per heavy atom. The van der Waals surface area contributed by atoms with Crippen molar-refractivity contribution < 1.29 is 24.9 Å². The van der Waals surface area contributed by atoms with Crippen LogP contribution in [0.5, 0.6) is 23.0 Å². The molecule has 5 nitrogen and oxygen atoms in total. The summed E-state index contributed by atoms with van der Waals surface area (Å²) < 4.78 is 6.04. The minimum absolute atomic E-state index is 0.0784. The van der Waals surface area contributed by atoms with E-state index in [0.29, 0.717) is 12.0 Å². The number of phenolic OH excluding ortho intramolecular Hbond substituents is 3. The molecule has 5 heteroatoms. The van der Waals surface area contributed by atoms with Crippen molar-refractivity contribution in [2.45, 2.75) is 39.7 Å². The van der Waals surface area contributed by atoms with Gasteiger partial charge in [0.15, 0.2) is 5.78 Å². The number of fused-ring (bicyclic) bond motifs is 1. The number of benzene rings is 2. The zero-order valence-corrected chi connectivity index (χ0v) is 14.5. The minimum Gasteiger partial charge on any atom is -0.508 e. The predicted octanol–water partition coefficient (Wildman–Crippen LogP) is 4.10. The molecular weight excluding hydrogens is 320 g/mol. The second-order valence-corrected chi connectivity index (χ2v) is 7.66. The summed E-state index contributed by atoms with van der Waals surface area (Å²) in [6.45, 7) is 6.06. The number of phenols is 3. The molecule has 0 bridgehead atoms. The molecule has 2 aromatic carbocycles. The Bertz CT molecular complexity index is 815. The van der Waals surface area contributed by atoms with Gasteiger partial charge in [-0.3, -0.25) is 4.79 Å². The smallest absolute Gasteiger partial charge is 0.174 e. The molecule has 1 aliphatic rings. The number of rotatable bonds is 2. The summed E-state index contributed by atoms with van der Waals surface area (Å²) in [5.74, 6) is -0.187. The molecule has 0 radical (unpaired) electrons. The van der Waals surface area contributed by atoms with Crippen LogP contribution in [0.2, 0.25) is 0 Å². The molecule has 3 N–H and O–H groups in total. The highest BCUT2D eigenvalue weighted by atomic mass is 16.5. The van der Waals surface area contributed by atoms with E-state index >= 15 is 0 Å². The number of ether oxygens (including phenoxy) is 1. The molecule has 0 saturated carbocycles. The maximum atomic E-state index is 12.6. The van der Waals surface area contributed by atoms with Gasteiger partial charge in [0.05, 0.1) is 6.42 Å². The molecule has 0 spiro atoms. The number of hydrogen-bond donors (Lipinski definition) is 3. The lowest BCUT2D eigenvalue weighted by Gasteiger charge is -2.30. The normalized spacial score (nSPS) is 17.1. The second kappa shape index (κ2) is 5.99. The van der Waals surface area contributed by atoms with Crippen molar-refractivity contribution in [1.82, 2.24) is 0 Å².